The maximum Gasteiger partial charge on any atom is 0.247 e. The first-order valence-electron chi connectivity index (χ1n) is 2.08. The number of nitrogens with one attached hydrogen (secondary N) is 1. The molecule has 0 aliphatic carbocycles. The van der Waals surface area contributed by atoms with Crippen LogP contribution in [-0.2, 0) is 4.79 Å². The van der Waals surface area contributed by atoms with Crippen molar-refractivity contribution >= 4 is 5.91 Å². The smallest absolute Gasteiger partial charge is 0.247 e. The van der Waals surface area contributed by atoms with Crippen molar-refractivity contribution < 1.29 is 9.90 Å². The molecule has 0 bridgehead atoms. The van der Waals surface area contributed by atoms with Crippen molar-refractivity contribution in [1.82, 2.24) is 5.32 Å². The van der Waals surface area contributed by atoms with Gasteiger partial charge in [0.15, 0.2) is 0 Å². The lowest BCUT2D eigenvalue weighted by Gasteiger charge is -1.90. The first-order chi connectivity index (χ1) is 3.81. The Labute approximate surface area is 47.0 Å². The highest BCUT2D eigenvalue weighted by molar-refractivity contribution is 5.87. The van der Waals surface area contributed by atoms with Crippen LogP contribution in [0.5, 0.6) is 0 Å². The van der Waals surface area contributed by atoms with Crippen molar-refractivity contribution in [2.24, 2.45) is 5.73 Å². The summed E-state index contributed by atoms with van der Waals surface area (Å²) in [6.07, 6.45) is 2.22. The lowest BCUT2D eigenvalue weighted by atomic mass is 10.6. The fraction of sp³-hybridized carbons (Fsp3) is 0.250. The monoisotopic (exact) mass is 116 g/mol. The standard InChI is InChI=1S/C4H8N2O2/c5-2-1-4(8)6-3-7/h1-2,7H,3,5H2,(H,6,8)/b2-1+. The Kier molecular flexibility index (Phi) is 3.60. The highest BCUT2D eigenvalue weighted by atomic mass is 16.3. The molecular weight excluding hydrogens is 108 g/mol. The molecule has 4 nitrogen and oxygen atoms in total. The molecule has 0 radical (unpaired) electrons. The molecule has 0 atom stereocenters. The second kappa shape index (κ2) is 4.14. The Balaban J connectivity index is 3.33. The molecule has 0 saturated carbocycles. The van der Waals surface area contributed by atoms with Gasteiger partial charge in [0.2, 0.25) is 5.91 Å². The van der Waals surface area contributed by atoms with Crippen LogP contribution in [-0.4, -0.2) is 17.7 Å². The average molecular weight is 116 g/mol. The number of rotatable bonds is 2. The topological polar surface area (TPSA) is 75.4 Å². The third kappa shape index (κ3) is 3.17. The van der Waals surface area contributed by atoms with Gasteiger partial charge in [-0.05, 0) is 6.20 Å². The van der Waals surface area contributed by atoms with Crippen LogP contribution < -0.4 is 11.1 Å². The van der Waals surface area contributed by atoms with Gasteiger partial charge in [0.25, 0.3) is 0 Å². The van der Waals surface area contributed by atoms with Gasteiger partial charge in [-0.3, -0.25) is 4.79 Å². The van der Waals surface area contributed by atoms with Gasteiger partial charge < -0.3 is 16.2 Å². The molecule has 8 heavy (non-hydrogen) atoms. The normalized spacial score (nSPS) is 9.62. The molecule has 0 aromatic heterocycles. The summed E-state index contributed by atoms with van der Waals surface area (Å²) >= 11 is 0. The molecule has 0 aliphatic rings. The SMILES string of the molecule is N/C=C/C(=O)NCO. The molecular formula is C4H8N2O2. The van der Waals surface area contributed by atoms with E-state index in [1.54, 1.807) is 0 Å². The van der Waals surface area contributed by atoms with Crippen molar-refractivity contribution in [3.8, 4) is 0 Å². The number of carbonyl (C=O) groups is 1. The summed E-state index contributed by atoms with van der Waals surface area (Å²) < 4.78 is 0. The number of nitrogens with two attached hydrogens (primary N) is 1. The van der Waals surface area contributed by atoms with E-state index in [2.05, 4.69) is 5.32 Å². The third-order valence-corrected chi connectivity index (χ3v) is 0.501. The van der Waals surface area contributed by atoms with Crippen LogP contribution in [0.3, 0.4) is 0 Å². The van der Waals surface area contributed by atoms with Crippen LogP contribution >= 0.6 is 0 Å². The zero-order chi connectivity index (χ0) is 6.41. The lowest BCUT2D eigenvalue weighted by Crippen LogP contribution is -2.21. The first kappa shape index (κ1) is 6.97. The van der Waals surface area contributed by atoms with Gasteiger partial charge >= 0.3 is 0 Å². The molecule has 0 fully saturated rings. The number of aliphatic hydroxyl groups excluding tert-OH is 1. The van der Waals surface area contributed by atoms with Gasteiger partial charge in [0.05, 0.1) is 0 Å². The van der Waals surface area contributed by atoms with E-state index in [1.165, 1.54) is 0 Å². The summed E-state index contributed by atoms with van der Waals surface area (Å²) in [4.78, 5) is 10.2. The molecule has 0 heterocycles. The van der Waals surface area contributed by atoms with Gasteiger partial charge in [-0.2, -0.15) is 0 Å². The Bertz CT molecular complexity index is 100. The van der Waals surface area contributed by atoms with Crippen molar-refractivity contribution in [3.63, 3.8) is 0 Å². The van der Waals surface area contributed by atoms with Crippen LogP contribution in [0, 0.1) is 0 Å². The van der Waals surface area contributed by atoms with Crippen LogP contribution in [0.1, 0.15) is 0 Å². The molecule has 0 aromatic carbocycles. The Morgan fingerprint density at radius 3 is 2.88 bits per heavy atom. The van der Waals surface area contributed by atoms with Crippen molar-refractivity contribution in [1.29, 1.82) is 0 Å². The van der Waals surface area contributed by atoms with E-state index in [-0.39, 0.29) is 6.73 Å². The molecule has 4 heteroatoms. The van der Waals surface area contributed by atoms with Gasteiger partial charge in [-0.25, -0.2) is 0 Å². The quantitative estimate of drug-likeness (QED) is 0.304. The fourth-order valence-corrected chi connectivity index (χ4v) is 0.224. The van der Waals surface area contributed by atoms with E-state index in [9.17, 15) is 4.79 Å². The number of aliphatic hydroxyl groups is 1. The van der Waals surface area contributed by atoms with Crippen LogP contribution in [0.15, 0.2) is 12.3 Å². The van der Waals surface area contributed by atoms with Crippen LogP contribution in [0.4, 0.5) is 0 Å². The minimum Gasteiger partial charge on any atom is -0.404 e. The summed E-state index contributed by atoms with van der Waals surface area (Å²) in [5.41, 5.74) is 4.84. The summed E-state index contributed by atoms with van der Waals surface area (Å²) in [5.74, 6) is -0.394. The lowest BCUT2D eigenvalue weighted by molar-refractivity contribution is -0.117. The summed E-state index contributed by atoms with van der Waals surface area (Å²) in [6, 6.07) is 0. The number of amides is 1. The average Bonchev–Trinajstić information content (AvgIpc) is 1.68. The van der Waals surface area contributed by atoms with Crippen molar-refractivity contribution in [3.05, 3.63) is 12.3 Å². The molecule has 0 spiro atoms. The second-order valence-electron chi connectivity index (χ2n) is 1.06. The Morgan fingerprint density at radius 1 is 1.88 bits per heavy atom. The summed E-state index contributed by atoms with van der Waals surface area (Å²) in [5, 5.41) is 10.2. The first-order valence-corrected chi connectivity index (χ1v) is 2.08. The molecule has 0 aromatic rings. The van der Waals surface area contributed by atoms with Crippen LogP contribution in [0.2, 0.25) is 0 Å². The molecule has 0 saturated heterocycles. The van der Waals surface area contributed by atoms with E-state index < -0.39 is 5.91 Å². The zero-order valence-corrected chi connectivity index (χ0v) is 4.29. The van der Waals surface area contributed by atoms with E-state index in [0.717, 1.165) is 12.3 Å². The molecule has 0 rings (SSSR count). The van der Waals surface area contributed by atoms with E-state index in [4.69, 9.17) is 10.8 Å². The summed E-state index contributed by atoms with van der Waals surface area (Å²) in [7, 11) is 0. The number of carbonyl (C=O) groups excluding carboxylic acids is 1. The maximum atomic E-state index is 10.2. The fourth-order valence-electron chi connectivity index (χ4n) is 0.224. The third-order valence-electron chi connectivity index (χ3n) is 0.501. The van der Waals surface area contributed by atoms with Gasteiger partial charge in [0.1, 0.15) is 6.73 Å². The second-order valence-corrected chi connectivity index (χ2v) is 1.06. The molecule has 1 amide bonds. The van der Waals surface area contributed by atoms with E-state index >= 15 is 0 Å². The highest BCUT2D eigenvalue weighted by Gasteiger charge is 1.86. The van der Waals surface area contributed by atoms with E-state index in [1.807, 2.05) is 0 Å². The largest absolute Gasteiger partial charge is 0.404 e. The van der Waals surface area contributed by atoms with Gasteiger partial charge in [-0.1, -0.05) is 0 Å². The molecule has 0 unspecified atom stereocenters. The van der Waals surface area contributed by atoms with Crippen LogP contribution in [0.25, 0.3) is 0 Å². The van der Waals surface area contributed by atoms with Gasteiger partial charge in [-0.15, -0.1) is 0 Å². The predicted octanol–water partition coefficient (Wildman–Crippen LogP) is -1.48. The van der Waals surface area contributed by atoms with Crippen molar-refractivity contribution in [2.45, 2.75) is 0 Å². The van der Waals surface area contributed by atoms with E-state index in [0.29, 0.717) is 0 Å². The molecule has 46 valence electrons. The number of hydrogen-bond donors (Lipinski definition) is 3. The highest BCUT2D eigenvalue weighted by Crippen LogP contribution is 1.63. The zero-order valence-electron chi connectivity index (χ0n) is 4.29. The van der Waals surface area contributed by atoms with Crippen molar-refractivity contribution in [2.75, 3.05) is 6.73 Å². The minimum atomic E-state index is -0.394. The summed E-state index contributed by atoms with van der Waals surface area (Å²) in [6.45, 7) is -0.358. The predicted molar refractivity (Wildman–Crippen MR) is 28.6 cm³/mol. The number of hydrogen-bond acceptors (Lipinski definition) is 3. The molecule has 4 N–H and O–H groups in total. The Hall–Kier alpha value is -1.03. The minimum absolute atomic E-state index is 0.358. The maximum absolute atomic E-state index is 10.2. The van der Waals surface area contributed by atoms with Gasteiger partial charge in [0, 0.05) is 6.08 Å². The molecule has 0 aliphatic heterocycles. The Morgan fingerprint density at radius 2 is 2.50 bits per heavy atom.